The summed E-state index contributed by atoms with van der Waals surface area (Å²) < 4.78 is 47.0. The number of rotatable bonds is 8. The second kappa shape index (κ2) is 9.68. The summed E-state index contributed by atoms with van der Waals surface area (Å²) in [6.07, 6.45) is 4.05. The molecule has 0 aliphatic rings. The number of carbonyl (C=O) groups excluding carboxylic acids is 1. The molecule has 1 N–H and O–H groups in total. The third kappa shape index (κ3) is 4.89. The number of thiophene rings is 1. The topological polar surface area (TPSA) is 85.4 Å². The van der Waals surface area contributed by atoms with Gasteiger partial charge in [0.05, 0.1) is 21.1 Å². The minimum atomic E-state index is -4.13. The predicted molar refractivity (Wildman–Crippen MR) is 125 cm³/mol. The molecular formula is C24H21FN2O4S2. The van der Waals surface area contributed by atoms with Crippen LogP contribution >= 0.6 is 11.3 Å². The van der Waals surface area contributed by atoms with Crippen molar-refractivity contribution in [1.29, 1.82) is 0 Å². The standard InChI is InChI=1S/C24H21FN2O4S2/c1-2-12-31-20-5-3-4-19(25)23(20)33(29,30)18-8-6-16(7-9-18)14-27-24(28)21-13-17-10-11-26-15-22(17)32-21/h3-11,13,15H,2,12,14H2,1H3,(H,27,28). The van der Waals surface area contributed by atoms with Crippen LogP contribution in [0.15, 0.2) is 76.8 Å². The molecule has 0 atom stereocenters. The number of nitrogens with one attached hydrogen (secondary N) is 1. The number of halogens is 1. The van der Waals surface area contributed by atoms with Crippen LogP contribution in [-0.4, -0.2) is 25.9 Å². The van der Waals surface area contributed by atoms with Crippen molar-refractivity contribution in [2.24, 2.45) is 0 Å². The fourth-order valence-corrected chi connectivity index (χ4v) is 5.64. The highest BCUT2D eigenvalue weighted by atomic mass is 32.2. The van der Waals surface area contributed by atoms with Gasteiger partial charge in [0.2, 0.25) is 9.84 Å². The molecule has 0 unspecified atom stereocenters. The Morgan fingerprint density at radius 3 is 2.67 bits per heavy atom. The van der Waals surface area contributed by atoms with Gasteiger partial charge in [0, 0.05) is 18.9 Å². The summed E-state index contributed by atoms with van der Waals surface area (Å²) in [5, 5.41) is 3.78. The van der Waals surface area contributed by atoms with E-state index in [0.717, 1.165) is 16.2 Å². The van der Waals surface area contributed by atoms with E-state index in [1.807, 2.05) is 13.0 Å². The summed E-state index contributed by atoms with van der Waals surface area (Å²) in [6.45, 7) is 2.38. The van der Waals surface area contributed by atoms with Crippen LogP contribution in [0.2, 0.25) is 0 Å². The van der Waals surface area contributed by atoms with Gasteiger partial charge in [-0.05, 0) is 53.8 Å². The lowest BCUT2D eigenvalue weighted by atomic mass is 10.2. The number of pyridine rings is 1. The van der Waals surface area contributed by atoms with E-state index in [0.29, 0.717) is 16.9 Å². The fourth-order valence-electron chi connectivity index (χ4n) is 3.25. The zero-order valence-corrected chi connectivity index (χ0v) is 19.4. The van der Waals surface area contributed by atoms with Gasteiger partial charge in [-0.2, -0.15) is 0 Å². The molecule has 0 fully saturated rings. The zero-order valence-electron chi connectivity index (χ0n) is 17.7. The van der Waals surface area contributed by atoms with Gasteiger partial charge in [0.15, 0.2) is 0 Å². The smallest absolute Gasteiger partial charge is 0.261 e. The Kier molecular flexibility index (Phi) is 6.71. The van der Waals surface area contributed by atoms with E-state index in [1.165, 1.54) is 35.6 Å². The van der Waals surface area contributed by atoms with E-state index in [-0.39, 0.29) is 29.7 Å². The van der Waals surface area contributed by atoms with E-state index in [4.69, 9.17) is 4.74 Å². The number of ether oxygens (including phenoxy) is 1. The van der Waals surface area contributed by atoms with Crippen molar-refractivity contribution in [2.45, 2.75) is 29.7 Å². The molecule has 9 heteroatoms. The molecule has 0 bridgehead atoms. The van der Waals surface area contributed by atoms with Gasteiger partial charge in [-0.15, -0.1) is 11.3 Å². The molecule has 2 aromatic carbocycles. The van der Waals surface area contributed by atoms with Gasteiger partial charge in [0.1, 0.15) is 16.5 Å². The maximum Gasteiger partial charge on any atom is 0.261 e. The molecule has 33 heavy (non-hydrogen) atoms. The monoisotopic (exact) mass is 484 g/mol. The predicted octanol–water partition coefficient (Wildman–Crippen LogP) is 4.99. The van der Waals surface area contributed by atoms with Gasteiger partial charge in [-0.3, -0.25) is 9.78 Å². The first-order chi connectivity index (χ1) is 15.9. The van der Waals surface area contributed by atoms with E-state index >= 15 is 0 Å². The van der Waals surface area contributed by atoms with Crippen LogP contribution in [0.5, 0.6) is 5.75 Å². The average molecular weight is 485 g/mol. The van der Waals surface area contributed by atoms with Gasteiger partial charge in [-0.1, -0.05) is 25.1 Å². The summed E-state index contributed by atoms with van der Waals surface area (Å²) in [7, 11) is -4.13. The van der Waals surface area contributed by atoms with Crippen molar-refractivity contribution in [3.8, 4) is 5.75 Å². The first-order valence-electron chi connectivity index (χ1n) is 10.3. The van der Waals surface area contributed by atoms with Crippen molar-refractivity contribution < 1.29 is 22.3 Å². The minimum Gasteiger partial charge on any atom is -0.492 e. The summed E-state index contributed by atoms with van der Waals surface area (Å²) in [5.41, 5.74) is 0.709. The maximum atomic E-state index is 14.5. The number of carbonyl (C=O) groups is 1. The van der Waals surface area contributed by atoms with E-state index in [2.05, 4.69) is 10.3 Å². The number of sulfone groups is 1. The normalized spacial score (nSPS) is 11.5. The number of fused-ring (bicyclic) bond motifs is 1. The van der Waals surface area contributed by atoms with Crippen molar-refractivity contribution in [1.82, 2.24) is 10.3 Å². The Hall–Kier alpha value is -3.30. The largest absolute Gasteiger partial charge is 0.492 e. The molecule has 4 aromatic rings. The SMILES string of the molecule is CCCOc1cccc(F)c1S(=O)(=O)c1ccc(CNC(=O)c2cc3ccncc3s2)cc1. The lowest BCUT2D eigenvalue weighted by Crippen LogP contribution is -2.21. The van der Waals surface area contributed by atoms with Crippen LogP contribution in [0.3, 0.4) is 0 Å². The molecule has 4 rings (SSSR count). The van der Waals surface area contributed by atoms with Crippen LogP contribution < -0.4 is 10.1 Å². The average Bonchev–Trinajstić information content (AvgIpc) is 3.26. The quantitative estimate of drug-likeness (QED) is 0.381. The number of amides is 1. The number of aromatic nitrogens is 1. The molecule has 2 heterocycles. The molecule has 2 aromatic heterocycles. The highest BCUT2D eigenvalue weighted by molar-refractivity contribution is 7.91. The molecule has 0 aliphatic carbocycles. The minimum absolute atomic E-state index is 0.00766. The first kappa shape index (κ1) is 22.9. The van der Waals surface area contributed by atoms with E-state index in [1.54, 1.807) is 30.6 Å². The summed E-state index contributed by atoms with van der Waals surface area (Å²) in [6, 6.07) is 13.6. The molecule has 0 saturated heterocycles. The Morgan fingerprint density at radius 1 is 1.15 bits per heavy atom. The Bertz CT molecular complexity index is 1370. The van der Waals surface area contributed by atoms with Crippen LogP contribution in [0.25, 0.3) is 10.1 Å². The highest BCUT2D eigenvalue weighted by Gasteiger charge is 2.26. The van der Waals surface area contributed by atoms with Crippen LogP contribution in [-0.2, 0) is 16.4 Å². The van der Waals surface area contributed by atoms with Gasteiger partial charge >= 0.3 is 0 Å². The Balaban J connectivity index is 1.49. The van der Waals surface area contributed by atoms with Crippen LogP contribution in [0.1, 0.15) is 28.6 Å². The number of hydrogen-bond acceptors (Lipinski definition) is 6. The molecule has 170 valence electrons. The van der Waals surface area contributed by atoms with E-state index < -0.39 is 20.5 Å². The second-order valence-corrected chi connectivity index (χ2v) is 10.2. The van der Waals surface area contributed by atoms with Crippen LogP contribution in [0, 0.1) is 5.82 Å². The third-order valence-corrected chi connectivity index (χ3v) is 7.81. The molecule has 0 spiro atoms. The third-order valence-electron chi connectivity index (χ3n) is 4.89. The van der Waals surface area contributed by atoms with Gasteiger partial charge in [-0.25, -0.2) is 12.8 Å². The molecule has 0 radical (unpaired) electrons. The maximum absolute atomic E-state index is 14.5. The van der Waals surface area contributed by atoms with Crippen molar-refractivity contribution in [2.75, 3.05) is 6.61 Å². The Labute approximate surface area is 195 Å². The number of hydrogen-bond donors (Lipinski definition) is 1. The van der Waals surface area contributed by atoms with E-state index in [9.17, 15) is 17.6 Å². The highest BCUT2D eigenvalue weighted by Crippen LogP contribution is 2.32. The molecular weight excluding hydrogens is 463 g/mol. The molecule has 0 aliphatic heterocycles. The van der Waals surface area contributed by atoms with Crippen LogP contribution in [0.4, 0.5) is 4.39 Å². The number of benzene rings is 2. The summed E-state index contributed by atoms with van der Waals surface area (Å²) >= 11 is 1.35. The second-order valence-electron chi connectivity index (χ2n) is 7.27. The van der Waals surface area contributed by atoms with Crippen molar-refractivity contribution in [3.63, 3.8) is 0 Å². The molecule has 0 saturated carbocycles. The number of nitrogens with zero attached hydrogens (tertiary/aromatic N) is 1. The van der Waals surface area contributed by atoms with Gasteiger partial charge in [0.25, 0.3) is 5.91 Å². The fraction of sp³-hybridized carbons (Fsp3) is 0.167. The zero-order chi connectivity index (χ0) is 23.4. The first-order valence-corrected chi connectivity index (χ1v) is 12.6. The summed E-state index contributed by atoms with van der Waals surface area (Å²) in [5.74, 6) is -1.10. The van der Waals surface area contributed by atoms with Crippen molar-refractivity contribution >= 4 is 37.2 Å². The molecule has 1 amide bonds. The van der Waals surface area contributed by atoms with Crippen molar-refractivity contribution in [3.05, 3.63) is 83.2 Å². The lowest BCUT2D eigenvalue weighted by molar-refractivity contribution is 0.0955. The molecule has 6 nitrogen and oxygen atoms in total. The lowest BCUT2D eigenvalue weighted by Gasteiger charge is -2.13. The Morgan fingerprint density at radius 2 is 1.94 bits per heavy atom. The summed E-state index contributed by atoms with van der Waals surface area (Å²) in [4.78, 5) is 16.6. The van der Waals surface area contributed by atoms with Gasteiger partial charge < -0.3 is 10.1 Å².